The number of nitrogens with one attached hydrogen (secondary N) is 2. The van der Waals surface area contributed by atoms with Crippen LogP contribution in [-0.4, -0.2) is 38.3 Å². The van der Waals surface area contributed by atoms with Crippen LogP contribution in [0, 0.1) is 5.41 Å². The summed E-state index contributed by atoms with van der Waals surface area (Å²) >= 11 is 0. The first-order valence-corrected chi connectivity index (χ1v) is 10.8. The van der Waals surface area contributed by atoms with E-state index in [0.29, 0.717) is 24.4 Å². The first-order chi connectivity index (χ1) is 14.7. The summed E-state index contributed by atoms with van der Waals surface area (Å²) in [5.74, 6) is 1.45. The summed E-state index contributed by atoms with van der Waals surface area (Å²) in [5, 5.41) is 6.94. The summed E-state index contributed by atoms with van der Waals surface area (Å²) < 4.78 is 11.2. The molecule has 3 rings (SSSR count). The van der Waals surface area contributed by atoms with Gasteiger partial charge in [-0.05, 0) is 41.9 Å². The molecule has 0 aliphatic heterocycles. The van der Waals surface area contributed by atoms with Crippen LogP contribution in [0.15, 0.2) is 53.7 Å². The van der Waals surface area contributed by atoms with Crippen molar-refractivity contribution in [3.05, 3.63) is 59.8 Å². The van der Waals surface area contributed by atoms with E-state index in [2.05, 4.69) is 20.6 Å². The Kier molecular flexibility index (Phi) is 8.51. The fourth-order valence-electron chi connectivity index (χ4n) is 4.01. The standard InChI is InChI=1S/C24H34N4O2/c1-25-23(28-19-24(13-15-29-2)11-6-7-12-24)27-17-21-10-14-26-22(16-21)30-18-20-8-4-3-5-9-20/h3-5,8-10,14,16H,6-7,11-13,15,17-19H2,1-2H3,(H2,25,27,28). The van der Waals surface area contributed by atoms with Crippen LogP contribution in [0.4, 0.5) is 0 Å². The summed E-state index contributed by atoms with van der Waals surface area (Å²) in [6.07, 6.45) is 8.01. The Morgan fingerprint density at radius 3 is 2.63 bits per heavy atom. The van der Waals surface area contributed by atoms with Gasteiger partial charge in [0.25, 0.3) is 0 Å². The zero-order valence-electron chi connectivity index (χ0n) is 18.2. The van der Waals surface area contributed by atoms with Crippen LogP contribution < -0.4 is 15.4 Å². The third kappa shape index (κ3) is 6.73. The molecule has 1 aliphatic carbocycles. The molecule has 6 nitrogen and oxygen atoms in total. The van der Waals surface area contributed by atoms with Gasteiger partial charge in [-0.25, -0.2) is 4.98 Å². The van der Waals surface area contributed by atoms with Crippen LogP contribution in [0.3, 0.4) is 0 Å². The smallest absolute Gasteiger partial charge is 0.213 e. The fourth-order valence-corrected chi connectivity index (χ4v) is 4.01. The number of methoxy groups -OCH3 is 1. The van der Waals surface area contributed by atoms with E-state index in [9.17, 15) is 0 Å². The maximum atomic E-state index is 5.84. The lowest BCUT2D eigenvalue weighted by Crippen LogP contribution is -2.43. The number of hydrogen-bond acceptors (Lipinski definition) is 4. The predicted octanol–water partition coefficient (Wildman–Crippen LogP) is 3.92. The molecule has 0 unspecified atom stereocenters. The summed E-state index contributed by atoms with van der Waals surface area (Å²) in [6, 6.07) is 14.1. The Balaban J connectivity index is 1.48. The van der Waals surface area contributed by atoms with Crippen LogP contribution in [0.1, 0.15) is 43.2 Å². The Morgan fingerprint density at radius 1 is 1.10 bits per heavy atom. The fraction of sp³-hybridized carbons (Fsp3) is 0.500. The highest BCUT2D eigenvalue weighted by Crippen LogP contribution is 2.40. The normalized spacial score (nSPS) is 15.7. The van der Waals surface area contributed by atoms with E-state index in [1.807, 2.05) is 49.5 Å². The van der Waals surface area contributed by atoms with Gasteiger partial charge >= 0.3 is 0 Å². The molecule has 0 amide bonds. The van der Waals surface area contributed by atoms with E-state index in [4.69, 9.17) is 9.47 Å². The predicted molar refractivity (Wildman–Crippen MR) is 121 cm³/mol. The van der Waals surface area contributed by atoms with Crippen molar-refractivity contribution < 1.29 is 9.47 Å². The zero-order valence-corrected chi connectivity index (χ0v) is 18.2. The van der Waals surface area contributed by atoms with Crippen molar-refractivity contribution in [1.82, 2.24) is 15.6 Å². The average molecular weight is 411 g/mol. The minimum Gasteiger partial charge on any atom is -0.473 e. The van der Waals surface area contributed by atoms with Crippen LogP contribution in [0.25, 0.3) is 0 Å². The summed E-state index contributed by atoms with van der Waals surface area (Å²) in [7, 11) is 3.59. The minimum atomic E-state index is 0.322. The highest BCUT2D eigenvalue weighted by Gasteiger charge is 2.33. The third-order valence-corrected chi connectivity index (χ3v) is 5.84. The molecule has 30 heavy (non-hydrogen) atoms. The van der Waals surface area contributed by atoms with E-state index < -0.39 is 0 Å². The number of hydrogen-bond donors (Lipinski definition) is 2. The second-order valence-electron chi connectivity index (χ2n) is 8.01. The minimum absolute atomic E-state index is 0.322. The zero-order chi connectivity index (χ0) is 21.1. The van der Waals surface area contributed by atoms with Crippen molar-refractivity contribution in [3.63, 3.8) is 0 Å². The van der Waals surface area contributed by atoms with Crippen molar-refractivity contribution in [1.29, 1.82) is 0 Å². The number of rotatable bonds is 10. The molecule has 162 valence electrons. The first-order valence-electron chi connectivity index (χ1n) is 10.8. The topological polar surface area (TPSA) is 67.8 Å². The molecule has 0 bridgehead atoms. The van der Waals surface area contributed by atoms with Gasteiger partial charge in [-0.15, -0.1) is 0 Å². The number of ether oxygens (including phenoxy) is 2. The molecule has 1 saturated carbocycles. The van der Waals surface area contributed by atoms with Crippen LogP contribution >= 0.6 is 0 Å². The van der Waals surface area contributed by atoms with Gasteiger partial charge in [-0.3, -0.25) is 4.99 Å². The molecule has 1 aromatic heterocycles. The summed E-state index contributed by atoms with van der Waals surface area (Å²) in [5.41, 5.74) is 2.55. The van der Waals surface area contributed by atoms with E-state index in [-0.39, 0.29) is 0 Å². The lowest BCUT2D eigenvalue weighted by molar-refractivity contribution is 0.138. The molecule has 2 aromatic rings. The van der Waals surface area contributed by atoms with E-state index in [1.165, 1.54) is 25.7 Å². The monoisotopic (exact) mass is 410 g/mol. The van der Waals surface area contributed by atoms with E-state index in [0.717, 1.165) is 36.7 Å². The van der Waals surface area contributed by atoms with Crippen molar-refractivity contribution in [2.24, 2.45) is 10.4 Å². The summed E-state index contributed by atoms with van der Waals surface area (Å²) in [4.78, 5) is 8.71. The Bertz CT molecular complexity index is 789. The van der Waals surface area contributed by atoms with Crippen LogP contribution in [-0.2, 0) is 17.9 Å². The lowest BCUT2D eigenvalue weighted by atomic mass is 9.83. The average Bonchev–Trinajstić information content (AvgIpc) is 3.26. The second kappa shape index (κ2) is 11.6. The third-order valence-electron chi connectivity index (χ3n) is 5.84. The molecule has 2 N–H and O–H groups in total. The van der Waals surface area contributed by atoms with Crippen molar-refractivity contribution in [3.8, 4) is 5.88 Å². The summed E-state index contributed by atoms with van der Waals surface area (Å²) in [6.45, 7) is 2.92. The van der Waals surface area contributed by atoms with Gasteiger partial charge in [0.15, 0.2) is 5.96 Å². The molecule has 1 aromatic carbocycles. The molecule has 0 saturated heterocycles. The molecule has 1 heterocycles. The van der Waals surface area contributed by atoms with Gasteiger partial charge in [0.2, 0.25) is 5.88 Å². The molecule has 0 spiro atoms. The lowest BCUT2D eigenvalue weighted by Gasteiger charge is -2.30. The molecular weight excluding hydrogens is 376 g/mol. The number of pyridine rings is 1. The Hall–Kier alpha value is -2.60. The van der Waals surface area contributed by atoms with Gasteiger partial charge in [-0.2, -0.15) is 0 Å². The van der Waals surface area contributed by atoms with Crippen molar-refractivity contribution in [2.45, 2.75) is 45.3 Å². The highest BCUT2D eigenvalue weighted by atomic mass is 16.5. The molecule has 1 aliphatic rings. The van der Waals surface area contributed by atoms with Gasteiger partial charge in [-0.1, -0.05) is 43.2 Å². The largest absolute Gasteiger partial charge is 0.473 e. The SMILES string of the molecule is CN=C(NCc1ccnc(OCc2ccccc2)c1)NCC1(CCOC)CCCC1. The second-order valence-corrected chi connectivity index (χ2v) is 8.01. The van der Waals surface area contributed by atoms with Gasteiger partial charge < -0.3 is 20.1 Å². The van der Waals surface area contributed by atoms with Gasteiger partial charge in [0.05, 0.1) is 0 Å². The maximum absolute atomic E-state index is 5.84. The molecule has 0 radical (unpaired) electrons. The maximum Gasteiger partial charge on any atom is 0.213 e. The van der Waals surface area contributed by atoms with Crippen LogP contribution in [0.5, 0.6) is 5.88 Å². The Morgan fingerprint density at radius 2 is 1.90 bits per heavy atom. The number of aliphatic imine (C=N–C) groups is 1. The van der Waals surface area contributed by atoms with Gasteiger partial charge in [0.1, 0.15) is 6.61 Å². The Labute approximate surface area is 180 Å². The van der Waals surface area contributed by atoms with Crippen molar-refractivity contribution in [2.75, 3.05) is 27.3 Å². The van der Waals surface area contributed by atoms with Crippen LogP contribution in [0.2, 0.25) is 0 Å². The molecule has 0 atom stereocenters. The number of benzene rings is 1. The molecule has 1 fully saturated rings. The van der Waals surface area contributed by atoms with E-state index >= 15 is 0 Å². The highest BCUT2D eigenvalue weighted by molar-refractivity contribution is 5.79. The van der Waals surface area contributed by atoms with Gasteiger partial charge in [0, 0.05) is 46.1 Å². The molecule has 6 heteroatoms. The van der Waals surface area contributed by atoms with E-state index in [1.54, 1.807) is 13.3 Å². The number of guanidine groups is 1. The molecular formula is C24H34N4O2. The first kappa shape index (κ1) is 22.1. The quantitative estimate of drug-likeness (QED) is 0.459. The number of aromatic nitrogens is 1. The van der Waals surface area contributed by atoms with Crippen molar-refractivity contribution >= 4 is 5.96 Å². The number of nitrogens with zero attached hydrogens (tertiary/aromatic N) is 2.